The van der Waals surface area contributed by atoms with Gasteiger partial charge >= 0.3 is 0 Å². The summed E-state index contributed by atoms with van der Waals surface area (Å²) in [4.78, 5) is 27.7. The van der Waals surface area contributed by atoms with Crippen molar-refractivity contribution in [3.8, 4) is 5.75 Å². The fourth-order valence-corrected chi connectivity index (χ4v) is 4.07. The van der Waals surface area contributed by atoms with Crippen molar-refractivity contribution in [1.82, 2.24) is 0 Å². The third-order valence-electron chi connectivity index (χ3n) is 5.69. The molecule has 2 amide bonds. The zero-order chi connectivity index (χ0) is 23.5. The van der Waals surface area contributed by atoms with E-state index in [1.807, 2.05) is 0 Å². The molecule has 170 valence electrons. The monoisotopic (exact) mass is 454 g/mol. The van der Waals surface area contributed by atoms with Crippen molar-refractivity contribution in [2.75, 3.05) is 17.3 Å². The van der Waals surface area contributed by atoms with Gasteiger partial charge in [-0.05, 0) is 60.5 Å². The lowest BCUT2D eigenvalue weighted by Crippen LogP contribution is -2.47. The van der Waals surface area contributed by atoms with Gasteiger partial charge in [0.25, 0.3) is 0 Å². The molecule has 3 aromatic rings. The molecule has 2 atom stereocenters. The third-order valence-corrected chi connectivity index (χ3v) is 5.69. The average molecular weight is 454 g/mol. The van der Waals surface area contributed by atoms with E-state index in [0.717, 1.165) is 12.1 Å². The van der Waals surface area contributed by atoms with Crippen molar-refractivity contribution in [3.63, 3.8) is 0 Å². The van der Waals surface area contributed by atoms with Crippen LogP contribution in [0.25, 0.3) is 0 Å². The van der Waals surface area contributed by atoms with Crippen LogP contribution in [-0.2, 0) is 9.59 Å². The van der Waals surface area contributed by atoms with Gasteiger partial charge in [-0.2, -0.15) is 0 Å². The molecule has 1 N–H and O–H groups in total. The number of ether oxygens (including phenoxy) is 1. The molecule has 8 heteroatoms. The Labute approximate surface area is 188 Å². The van der Waals surface area contributed by atoms with Gasteiger partial charge in [0.05, 0.1) is 24.8 Å². The molecule has 3 aromatic carbocycles. The number of piperidine rings is 1. The van der Waals surface area contributed by atoms with Crippen molar-refractivity contribution in [3.05, 3.63) is 89.7 Å². The molecule has 0 unspecified atom stereocenters. The Hall–Kier alpha value is -3.81. The number of rotatable bonds is 5. The average Bonchev–Trinajstić information content (AvgIpc) is 2.81. The lowest BCUT2D eigenvalue weighted by Gasteiger charge is -2.41. The Morgan fingerprint density at radius 3 is 2.27 bits per heavy atom. The summed E-state index contributed by atoms with van der Waals surface area (Å²) >= 11 is 0. The summed E-state index contributed by atoms with van der Waals surface area (Å²) in [6.45, 7) is 0. The number of benzene rings is 3. The van der Waals surface area contributed by atoms with Crippen LogP contribution in [0.15, 0.2) is 66.7 Å². The van der Waals surface area contributed by atoms with Gasteiger partial charge in [0.15, 0.2) is 0 Å². The largest absolute Gasteiger partial charge is 0.497 e. The highest BCUT2D eigenvalue weighted by Crippen LogP contribution is 2.41. The van der Waals surface area contributed by atoms with Crippen LogP contribution in [0, 0.1) is 23.4 Å². The Morgan fingerprint density at radius 2 is 1.64 bits per heavy atom. The topological polar surface area (TPSA) is 58.6 Å². The van der Waals surface area contributed by atoms with Gasteiger partial charge in [-0.25, -0.2) is 13.2 Å². The predicted octanol–water partition coefficient (Wildman–Crippen LogP) is 5.24. The van der Waals surface area contributed by atoms with E-state index < -0.39 is 35.3 Å². The highest BCUT2D eigenvalue weighted by atomic mass is 19.1. The quantitative estimate of drug-likeness (QED) is 0.574. The zero-order valence-electron chi connectivity index (χ0n) is 17.7. The standard InChI is InChI=1S/C25H21F3N2O3/c1-33-19-9-7-18(8-10-19)30-23(31)13-11-20(24(30)15-2-4-16(26)5-3-15)25(32)29-22-12-6-17(27)14-21(22)28/h2-10,12,14,20,24H,11,13H2,1H3,(H,29,32)/t20-,24+/m0/s1. The molecule has 0 aromatic heterocycles. The summed E-state index contributed by atoms with van der Waals surface area (Å²) in [5.41, 5.74) is 0.938. The summed E-state index contributed by atoms with van der Waals surface area (Å²) in [5.74, 6) is -3.01. The van der Waals surface area contributed by atoms with Gasteiger partial charge < -0.3 is 15.0 Å². The van der Waals surface area contributed by atoms with Crippen LogP contribution in [0.1, 0.15) is 24.4 Å². The van der Waals surface area contributed by atoms with Crippen LogP contribution in [-0.4, -0.2) is 18.9 Å². The first kappa shape index (κ1) is 22.4. The number of carbonyl (C=O) groups is 2. The maximum absolute atomic E-state index is 14.1. The number of carbonyl (C=O) groups excluding carboxylic acids is 2. The third kappa shape index (κ3) is 4.69. The van der Waals surface area contributed by atoms with Crippen LogP contribution < -0.4 is 15.0 Å². The molecule has 0 aliphatic carbocycles. The molecule has 1 heterocycles. The molecule has 1 saturated heterocycles. The summed E-state index contributed by atoms with van der Waals surface area (Å²) in [6, 6.07) is 14.5. The van der Waals surface area contributed by atoms with E-state index in [1.54, 1.807) is 24.3 Å². The lowest BCUT2D eigenvalue weighted by atomic mass is 9.83. The van der Waals surface area contributed by atoms with Crippen molar-refractivity contribution in [2.45, 2.75) is 18.9 Å². The second-order valence-corrected chi connectivity index (χ2v) is 7.72. The summed E-state index contributed by atoms with van der Waals surface area (Å²) in [7, 11) is 1.53. The fourth-order valence-electron chi connectivity index (χ4n) is 4.07. The molecular weight excluding hydrogens is 433 g/mol. The minimum Gasteiger partial charge on any atom is -0.497 e. The van der Waals surface area contributed by atoms with Crippen molar-refractivity contribution in [2.24, 2.45) is 5.92 Å². The maximum Gasteiger partial charge on any atom is 0.230 e. The predicted molar refractivity (Wildman–Crippen MR) is 117 cm³/mol. The van der Waals surface area contributed by atoms with Gasteiger partial charge in [-0.1, -0.05) is 12.1 Å². The van der Waals surface area contributed by atoms with Crippen molar-refractivity contribution in [1.29, 1.82) is 0 Å². The van der Waals surface area contributed by atoms with E-state index in [9.17, 15) is 22.8 Å². The SMILES string of the molecule is COc1ccc(N2C(=O)CC[C@H](C(=O)Nc3ccc(F)cc3F)[C@H]2c2ccc(F)cc2)cc1. The maximum atomic E-state index is 14.1. The number of hydrogen-bond acceptors (Lipinski definition) is 3. The molecule has 1 aliphatic heterocycles. The molecule has 1 aliphatic rings. The number of anilines is 2. The molecule has 0 saturated carbocycles. The van der Waals surface area contributed by atoms with Crippen molar-refractivity contribution >= 4 is 23.2 Å². The van der Waals surface area contributed by atoms with E-state index in [1.165, 1.54) is 36.3 Å². The Morgan fingerprint density at radius 1 is 0.970 bits per heavy atom. The number of methoxy groups -OCH3 is 1. The highest BCUT2D eigenvalue weighted by molar-refractivity contribution is 6.00. The summed E-state index contributed by atoms with van der Waals surface area (Å²) < 4.78 is 46.2. The summed E-state index contributed by atoms with van der Waals surface area (Å²) in [5, 5.41) is 2.51. The van der Waals surface area contributed by atoms with Gasteiger partial charge in [0.2, 0.25) is 11.8 Å². The van der Waals surface area contributed by atoms with Gasteiger partial charge in [0, 0.05) is 18.2 Å². The second kappa shape index (κ2) is 9.36. The summed E-state index contributed by atoms with van der Waals surface area (Å²) in [6.07, 6.45) is 0.301. The molecule has 33 heavy (non-hydrogen) atoms. The van der Waals surface area contributed by atoms with E-state index in [2.05, 4.69) is 5.32 Å². The molecular formula is C25H21F3N2O3. The first-order valence-electron chi connectivity index (χ1n) is 10.3. The molecule has 0 radical (unpaired) electrons. The Kier molecular flexibility index (Phi) is 6.35. The van der Waals surface area contributed by atoms with Crippen molar-refractivity contribution < 1.29 is 27.5 Å². The van der Waals surface area contributed by atoms with E-state index in [4.69, 9.17) is 4.74 Å². The van der Waals surface area contributed by atoms with E-state index in [0.29, 0.717) is 23.1 Å². The van der Waals surface area contributed by atoms with E-state index in [-0.39, 0.29) is 24.4 Å². The fraction of sp³-hybridized carbons (Fsp3) is 0.200. The van der Waals surface area contributed by atoms with Crippen LogP contribution in [0.3, 0.4) is 0 Å². The number of nitrogens with one attached hydrogen (secondary N) is 1. The molecule has 0 bridgehead atoms. The van der Waals surface area contributed by atoms with Crippen LogP contribution in [0.2, 0.25) is 0 Å². The van der Waals surface area contributed by atoms with E-state index >= 15 is 0 Å². The number of hydrogen-bond donors (Lipinski definition) is 1. The van der Waals surface area contributed by atoms with Crippen LogP contribution >= 0.6 is 0 Å². The number of amides is 2. The lowest BCUT2D eigenvalue weighted by molar-refractivity contribution is -0.126. The number of halogens is 3. The zero-order valence-corrected chi connectivity index (χ0v) is 17.7. The highest BCUT2D eigenvalue weighted by Gasteiger charge is 2.41. The molecule has 1 fully saturated rings. The van der Waals surface area contributed by atoms with Gasteiger partial charge in [-0.15, -0.1) is 0 Å². The molecule has 0 spiro atoms. The minimum absolute atomic E-state index is 0.0910. The normalized spacial score (nSPS) is 18.2. The second-order valence-electron chi connectivity index (χ2n) is 7.72. The Balaban J connectivity index is 1.73. The molecule has 4 rings (SSSR count). The van der Waals surface area contributed by atoms with Gasteiger partial charge in [-0.3, -0.25) is 9.59 Å². The smallest absolute Gasteiger partial charge is 0.230 e. The first-order valence-corrected chi connectivity index (χ1v) is 10.3. The van der Waals surface area contributed by atoms with Crippen LogP contribution in [0.4, 0.5) is 24.5 Å². The van der Waals surface area contributed by atoms with Crippen LogP contribution in [0.5, 0.6) is 5.75 Å². The van der Waals surface area contributed by atoms with Gasteiger partial charge in [0.1, 0.15) is 23.2 Å². The Bertz CT molecular complexity index is 1170. The first-order chi connectivity index (χ1) is 15.9. The minimum atomic E-state index is -0.902. The molecule has 5 nitrogen and oxygen atoms in total. The number of nitrogens with zero attached hydrogens (tertiary/aromatic N) is 1.